The number of carbonyl (C=O) groups is 1. The molecule has 3 rings (SSSR count). The quantitative estimate of drug-likeness (QED) is 0.868. The number of rotatable bonds is 6. The molecular weight excluding hydrogens is 308 g/mol. The molecule has 0 aromatic heterocycles. The fourth-order valence-corrected chi connectivity index (χ4v) is 3.44. The summed E-state index contributed by atoms with van der Waals surface area (Å²) in [7, 11) is 0. The van der Waals surface area contributed by atoms with E-state index in [0.29, 0.717) is 13.0 Å². The highest BCUT2D eigenvalue weighted by atomic mass is 16.1. The summed E-state index contributed by atoms with van der Waals surface area (Å²) >= 11 is 0. The summed E-state index contributed by atoms with van der Waals surface area (Å²) in [4.78, 5) is 14.5. The first-order valence-corrected chi connectivity index (χ1v) is 9.37. The van der Waals surface area contributed by atoms with Crippen LogP contribution in [0.15, 0.2) is 48.5 Å². The first-order chi connectivity index (χ1) is 12.2. The van der Waals surface area contributed by atoms with Gasteiger partial charge in [-0.2, -0.15) is 0 Å². The van der Waals surface area contributed by atoms with Gasteiger partial charge in [0.25, 0.3) is 0 Å². The molecule has 0 atom stereocenters. The zero-order valence-corrected chi connectivity index (χ0v) is 15.1. The molecule has 1 heterocycles. The lowest BCUT2D eigenvalue weighted by Gasteiger charge is -2.28. The van der Waals surface area contributed by atoms with Crippen molar-refractivity contribution in [3.8, 4) is 0 Å². The SMILES string of the molecule is Cc1cccc(CC(=O)NCCc2ccc(N3CCCCC3)cc2)c1. The molecule has 0 saturated carbocycles. The molecule has 0 unspecified atom stereocenters. The minimum absolute atomic E-state index is 0.0931. The topological polar surface area (TPSA) is 32.3 Å². The molecule has 25 heavy (non-hydrogen) atoms. The lowest BCUT2D eigenvalue weighted by atomic mass is 10.1. The third-order valence-corrected chi connectivity index (χ3v) is 4.84. The molecule has 0 bridgehead atoms. The number of benzene rings is 2. The first kappa shape index (κ1) is 17.5. The average molecular weight is 336 g/mol. The predicted molar refractivity (Wildman–Crippen MR) is 104 cm³/mol. The number of piperidine rings is 1. The number of amides is 1. The van der Waals surface area contributed by atoms with Gasteiger partial charge in [0.1, 0.15) is 0 Å². The van der Waals surface area contributed by atoms with Crippen LogP contribution >= 0.6 is 0 Å². The van der Waals surface area contributed by atoms with E-state index in [1.54, 1.807) is 0 Å². The zero-order chi connectivity index (χ0) is 17.5. The first-order valence-electron chi connectivity index (χ1n) is 9.37. The van der Waals surface area contributed by atoms with Crippen LogP contribution in [0, 0.1) is 6.92 Å². The Morgan fingerprint density at radius 2 is 1.76 bits per heavy atom. The van der Waals surface area contributed by atoms with E-state index in [4.69, 9.17) is 0 Å². The molecule has 0 spiro atoms. The van der Waals surface area contributed by atoms with Gasteiger partial charge < -0.3 is 10.2 Å². The van der Waals surface area contributed by atoms with Crippen LogP contribution < -0.4 is 10.2 Å². The van der Waals surface area contributed by atoms with Crippen molar-refractivity contribution in [1.29, 1.82) is 0 Å². The largest absolute Gasteiger partial charge is 0.372 e. The highest BCUT2D eigenvalue weighted by Gasteiger charge is 2.10. The second-order valence-corrected chi connectivity index (χ2v) is 6.98. The maximum absolute atomic E-state index is 12.1. The molecule has 1 aliphatic rings. The second kappa shape index (κ2) is 8.70. The van der Waals surface area contributed by atoms with Gasteiger partial charge >= 0.3 is 0 Å². The van der Waals surface area contributed by atoms with Crippen molar-refractivity contribution in [3.63, 3.8) is 0 Å². The highest BCUT2D eigenvalue weighted by molar-refractivity contribution is 5.78. The monoisotopic (exact) mass is 336 g/mol. The Kier molecular flexibility index (Phi) is 6.10. The van der Waals surface area contributed by atoms with Gasteiger partial charge in [0.2, 0.25) is 5.91 Å². The standard InChI is InChI=1S/C22H28N2O/c1-18-6-5-7-20(16-18)17-22(25)23-13-12-19-8-10-21(11-9-19)24-14-3-2-4-15-24/h5-11,16H,2-4,12-15,17H2,1H3,(H,23,25). The Morgan fingerprint density at radius 3 is 2.48 bits per heavy atom. The van der Waals surface area contributed by atoms with Gasteiger partial charge in [-0.3, -0.25) is 4.79 Å². The van der Waals surface area contributed by atoms with Crippen LogP contribution in [-0.4, -0.2) is 25.5 Å². The van der Waals surface area contributed by atoms with E-state index < -0.39 is 0 Å². The molecule has 3 nitrogen and oxygen atoms in total. The molecule has 1 aliphatic heterocycles. The normalized spacial score (nSPS) is 14.4. The Labute approximate surface area is 151 Å². The van der Waals surface area contributed by atoms with E-state index >= 15 is 0 Å². The molecule has 0 radical (unpaired) electrons. The zero-order valence-electron chi connectivity index (χ0n) is 15.1. The van der Waals surface area contributed by atoms with Crippen LogP contribution in [0.1, 0.15) is 36.0 Å². The Morgan fingerprint density at radius 1 is 1.00 bits per heavy atom. The third-order valence-electron chi connectivity index (χ3n) is 4.84. The Bertz CT molecular complexity index is 687. The maximum Gasteiger partial charge on any atom is 0.224 e. The number of hydrogen-bond acceptors (Lipinski definition) is 2. The lowest BCUT2D eigenvalue weighted by molar-refractivity contribution is -0.120. The summed E-state index contributed by atoms with van der Waals surface area (Å²) in [6.07, 6.45) is 5.29. The van der Waals surface area contributed by atoms with E-state index in [2.05, 4.69) is 53.5 Å². The Hall–Kier alpha value is -2.29. The van der Waals surface area contributed by atoms with Gasteiger partial charge in [-0.05, 0) is 55.9 Å². The summed E-state index contributed by atoms with van der Waals surface area (Å²) in [5.74, 6) is 0.0931. The van der Waals surface area contributed by atoms with E-state index in [9.17, 15) is 4.79 Å². The fourth-order valence-electron chi connectivity index (χ4n) is 3.44. The summed E-state index contributed by atoms with van der Waals surface area (Å²) < 4.78 is 0. The minimum Gasteiger partial charge on any atom is -0.372 e. The Balaban J connectivity index is 1.43. The number of nitrogens with one attached hydrogen (secondary N) is 1. The molecule has 1 amide bonds. The summed E-state index contributed by atoms with van der Waals surface area (Å²) in [6.45, 7) is 5.09. The van der Waals surface area contributed by atoms with Crippen LogP contribution in [0.3, 0.4) is 0 Å². The van der Waals surface area contributed by atoms with E-state index in [1.165, 1.54) is 49.2 Å². The minimum atomic E-state index is 0.0931. The second-order valence-electron chi connectivity index (χ2n) is 6.98. The van der Waals surface area contributed by atoms with E-state index in [1.807, 2.05) is 12.1 Å². The molecule has 1 N–H and O–H groups in total. The number of anilines is 1. The molecule has 1 saturated heterocycles. The van der Waals surface area contributed by atoms with Crippen LogP contribution in [0.25, 0.3) is 0 Å². The van der Waals surface area contributed by atoms with Crippen molar-refractivity contribution in [2.45, 2.75) is 39.0 Å². The van der Waals surface area contributed by atoms with Crippen molar-refractivity contribution in [1.82, 2.24) is 5.32 Å². The number of hydrogen-bond donors (Lipinski definition) is 1. The van der Waals surface area contributed by atoms with Gasteiger partial charge in [0.05, 0.1) is 6.42 Å². The van der Waals surface area contributed by atoms with Crippen LogP contribution in [0.4, 0.5) is 5.69 Å². The van der Waals surface area contributed by atoms with Gasteiger partial charge in [-0.1, -0.05) is 42.0 Å². The number of aryl methyl sites for hydroxylation is 1. The van der Waals surface area contributed by atoms with Crippen molar-refractivity contribution >= 4 is 11.6 Å². The maximum atomic E-state index is 12.1. The van der Waals surface area contributed by atoms with Gasteiger partial charge in [0, 0.05) is 25.3 Å². The van der Waals surface area contributed by atoms with Crippen LogP contribution in [0.2, 0.25) is 0 Å². The third kappa shape index (κ3) is 5.35. The molecule has 1 fully saturated rings. The predicted octanol–water partition coefficient (Wildman–Crippen LogP) is 3.89. The van der Waals surface area contributed by atoms with Crippen molar-refractivity contribution in [2.75, 3.05) is 24.5 Å². The van der Waals surface area contributed by atoms with Crippen molar-refractivity contribution in [3.05, 3.63) is 65.2 Å². The molecule has 132 valence electrons. The van der Waals surface area contributed by atoms with Crippen molar-refractivity contribution < 1.29 is 4.79 Å². The van der Waals surface area contributed by atoms with Crippen LogP contribution in [0.5, 0.6) is 0 Å². The van der Waals surface area contributed by atoms with Gasteiger partial charge in [-0.25, -0.2) is 0 Å². The van der Waals surface area contributed by atoms with Gasteiger partial charge in [-0.15, -0.1) is 0 Å². The molecule has 2 aromatic carbocycles. The summed E-state index contributed by atoms with van der Waals surface area (Å²) in [6, 6.07) is 16.9. The number of nitrogens with zero attached hydrogens (tertiary/aromatic N) is 1. The lowest BCUT2D eigenvalue weighted by Crippen LogP contribution is -2.29. The van der Waals surface area contributed by atoms with Crippen molar-refractivity contribution in [2.24, 2.45) is 0 Å². The molecule has 2 aromatic rings. The van der Waals surface area contributed by atoms with Crippen LogP contribution in [-0.2, 0) is 17.6 Å². The fraction of sp³-hybridized carbons (Fsp3) is 0.409. The molecular formula is C22H28N2O. The summed E-state index contributed by atoms with van der Waals surface area (Å²) in [5.41, 5.74) is 4.87. The van der Waals surface area contributed by atoms with Gasteiger partial charge in [0.15, 0.2) is 0 Å². The number of carbonyl (C=O) groups excluding carboxylic acids is 1. The van der Waals surface area contributed by atoms with E-state index in [0.717, 1.165) is 12.0 Å². The molecule has 0 aliphatic carbocycles. The molecule has 3 heteroatoms. The average Bonchev–Trinajstić information content (AvgIpc) is 2.63. The highest BCUT2D eigenvalue weighted by Crippen LogP contribution is 2.20. The summed E-state index contributed by atoms with van der Waals surface area (Å²) in [5, 5.41) is 3.03. The smallest absolute Gasteiger partial charge is 0.224 e. The van der Waals surface area contributed by atoms with E-state index in [-0.39, 0.29) is 5.91 Å².